The molecule has 0 atom stereocenters. The summed E-state index contributed by atoms with van der Waals surface area (Å²) < 4.78 is 12.9. The summed E-state index contributed by atoms with van der Waals surface area (Å²) in [6.45, 7) is 3.77. The van der Waals surface area contributed by atoms with Gasteiger partial charge in [-0.1, -0.05) is 11.6 Å². The van der Waals surface area contributed by atoms with Crippen molar-refractivity contribution in [2.45, 2.75) is 13.8 Å². The third kappa shape index (κ3) is 2.04. The predicted octanol–water partition coefficient (Wildman–Crippen LogP) is 3.55. The van der Waals surface area contributed by atoms with Crippen LogP contribution >= 0.6 is 11.6 Å². The van der Waals surface area contributed by atoms with Crippen molar-refractivity contribution in [2.24, 2.45) is 0 Å². The van der Waals surface area contributed by atoms with Crippen molar-refractivity contribution < 1.29 is 4.39 Å². The highest BCUT2D eigenvalue weighted by molar-refractivity contribution is 6.33. The number of hydrogen-bond donors (Lipinski definition) is 0. The molecule has 0 N–H and O–H groups in total. The van der Waals surface area contributed by atoms with Crippen LogP contribution in [0, 0.1) is 19.7 Å². The average Bonchev–Trinajstić information content (AvgIpc) is 2.22. The van der Waals surface area contributed by atoms with Crippen molar-refractivity contribution in [1.82, 2.24) is 9.97 Å². The van der Waals surface area contributed by atoms with Crippen LogP contribution in [0.4, 0.5) is 4.39 Å². The van der Waals surface area contributed by atoms with Gasteiger partial charge >= 0.3 is 0 Å². The standard InChI is InChI=1S/C12H10ClFN2/c1-7-8(2)16-12(6-15-7)10-4-3-9(14)5-11(10)13/h3-6H,1-2H3. The van der Waals surface area contributed by atoms with Crippen LogP contribution in [0.15, 0.2) is 24.4 Å². The molecule has 0 aliphatic carbocycles. The number of benzene rings is 1. The minimum absolute atomic E-state index is 0.345. The quantitative estimate of drug-likeness (QED) is 0.757. The lowest BCUT2D eigenvalue weighted by Crippen LogP contribution is -1.94. The van der Waals surface area contributed by atoms with E-state index in [1.807, 2.05) is 13.8 Å². The first-order valence-corrected chi connectivity index (χ1v) is 5.21. The van der Waals surface area contributed by atoms with Gasteiger partial charge < -0.3 is 0 Å². The fourth-order valence-electron chi connectivity index (χ4n) is 1.37. The summed E-state index contributed by atoms with van der Waals surface area (Å²) >= 11 is 5.95. The molecule has 0 saturated heterocycles. The summed E-state index contributed by atoms with van der Waals surface area (Å²) in [5.74, 6) is -0.356. The fourth-order valence-corrected chi connectivity index (χ4v) is 1.63. The molecule has 16 heavy (non-hydrogen) atoms. The third-order valence-corrected chi connectivity index (χ3v) is 2.71. The third-order valence-electron chi connectivity index (χ3n) is 2.40. The van der Waals surface area contributed by atoms with Gasteiger partial charge in [0.25, 0.3) is 0 Å². The average molecular weight is 237 g/mol. The van der Waals surface area contributed by atoms with Crippen LogP contribution < -0.4 is 0 Å². The molecule has 0 spiro atoms. The molecular weight excluding hydrogens is 227 g/mol. The molecular formula is C12H10ClFN2. The van der Waals surface area contributed by atoms with E-state index in [1.165, 1.54) is 12.1 Å². The van der Waals surface area contributed by atoms with Crippen LogP contribution in [0.25, 0.3) is 11.3 Å². The summed E-state index contributed by atoms with van der Waals surface area (Å²) in [4.78, 5) is 8.57. The Kier molecular flexibility index (Phi) is 2.88. The molecule has 0 aliphatic rings. The number of aryl methyl sites for hydroxylation is 2. The lowest BCUT2D eigenvalue weighted by molar-refractivity contribution is 0.628. The van der Waals surface area contributed by atoms with Crippen molar-refractivity contribution in [2.75, 3.05) is 0 Å². The molecule has 0 radical (unpaired) electrons. The molecule has 4 heteroatoms. The van der Waals surface area contributed by atoms with Crippen molar-refractivity contribution >= 4 is 11.6 Å². The van der Waals surface area contributed by atoms with E-state index in [9.17, 15) is 4.39 Å². The molecule has 0 bridgehead atoms. The van der Waals surface area contributed by atoms with E-state index in [1.54, 1.807) is 12.3 Å². The first-order valence-electron chi connectivity index (χ1n) is 4.83. The van der Waals surface area contributed by atoms with Gasteiger partial charge in [-0.3, -0.25) is 4.98 Å². The highest BCUT2D eigenvalue weighted by Crippen LogP contribution is 2.26. The Bertz CT molecular complexity index is 541. The summed E-state index contributed by atoms with van der Waals surface area (Å²) in [5.41, 5.74) is 3.08. The fraction of sp³-hybridized carbons (Fsp3) is 0.167. The van der Waals surface area contributed by atoms with Gasteiger partial charge in [0.05, 0.1) is 28.3 Å². The minimum atomic E-state index is -0.356. The topological polar surface area (TPSA) is 25.8 Å². The van der Waals surface area contributed by atoms with E-state index >= 15 is 0 Å². The van der Waals surface area contributed by atoms with Gasteiger partial charge in [0.2, 0.25) is 0 Å². The van der Waals surface area contributed by atoms with E-state index in [0.717, 1.165) is 11.4 Å². The van der Waals surface area contributed by atoms with Crippen LogP contribution in [0.5, 0.6) is 0 Å². The number of nitrogens with zero attached hydrogens (tertiary/aromatic N) is 2. The lowest BCUT2D eigenvalue weighted by atomic mass is 10.1. The summed E-state index contributed by atoms with van der Waals surface area (Å²) in [7, 11) is 0. The molecule has 0 unspecified atom stereocenters. The monoisotopic (exact) mass is 236 g/mol. The number of aromatic nitrogens is 2. The second kappa shape index (κ2) is 4.18. The minimum Gasteiger partial charge on any atom is -0.257 e. The van der Waals surface area contributed by atoms with Gasteiger partial charge in [-0.25, -0.2) is 9.37 Å². The van der Waals surface area contributed by atoms with Crippen LogP contribution in [0.1, 0.15) is 11.4 Å². The predicted molar refractivity (Wildman–Crippen MR) is 61.9 cm³/mol. The molecule has 2 nitrogen and oxygen atoms in total. The largest absolute Gasteiger partial charge is 0.257 e. The van der Waals surface area contributed by atoms with E-state index in [4.69, 9.17) is 11.6 Å². The highest BCUT2D eigenvalue weighted by Gasteiger charge is 2.07. The Hall–Kier alpha value is -1.48. The molecule has 1 aromatic heterocycles. The maximum Gasteiger partial charge on any atom is 0.124 e. The zero-order valence-electron chi connectivity index (χ0n) is 8.96. The molecule has 2 aromatic rings. The van der Waals surface area contributed by atoms with E-state index < -0.39 is 0 Å². The number of hydrogen-bond acceptors (Lipinski definition) is 2. The molecule has 0 aliphatic heterocycles. The van der Waals surface area contributed by atoms with Crippen LogP contribution in [0.2, 0.25) is 5.02 Å². The first kappa shape index (κ1) is 11.0. The zero-order valence-corrected chi connectivity index (χ0v) is 9.72. The highest BCUT2D eigenvalue weighted by atomic mass is 35.5. The van der Waals surface area contributed by atoms with Crippen LogP contribution in [-0.4, -0.2) is 9.97 Å². The van der Waals surface area contributed by atoms with Gasteiger partial charge in [-0.05, 0) is 32.0 Å². The summed E-state index contributed by atoms with van der Waals surface area (Å²) in [6.07, 6.45) is 1.64. The van der Waals surface area contributed by atoms with Gasteiger partial charge in [-0.15, -0.1) is 0 Å². The van der Waals surface area contributed by atoms with Crippen LogP contribution in [0.3, 0.4) is 0 Å². The Morgan fingerprint density at radius 2 is 1.94 bits per heavy atom. The van der Waals surface area contributed by atoms with Crippen molar-refractivity contribution in [3.63, 3.8) is 0 Å². The van der Waals surface area contributed by atoms with Crippen molar-refractivity contribution in [3.8, 4) is 11.3 Å². The SMILES string of the molecule is Cc1ncc(-c2ccc(F)cc2Cl)nc1C. The molecule has 0 amide bonds. The molecule has 0 saturated carbocycles. The van der Waals surface area contributed by atoms with Crippen molar-refractivity contribution in [3.05, 3.63) is 46.6 Å². The van der Waals surface area contributed by atoms with Gasteiger partial charge in [0.15, 0.2) is 0 Å². The first-order chi connectivity index (χ1) is 7.58. The maximum atomic E-state index is 12.9. The maximum absolute atomic E-state index is 12.9. The van der Waals surface area contributed by atoms with Gasteiger partial charge in [0.1, 0.15) is 5.82 Å². The Labute approximate surface area is 98.1 Å². The second-order valence-electron chi connectivity index (χ2n) is 3.55. The Balaban J connectivity index is 2.54. The zero-order chi connectivity index (χ0) is 11.7. The normalized spacial score (nSPS) is 10.5. The van der Waals surface area contributed by atoms with Gasteiger partial charge in [-0.2, -0.15) is 0 Å². The number of rotatable bonds is 1. The Morgan fingerprint density at radius 1 is 1.19 bits per heavy atom. The van der Waals surface area contributed by atoms with Crippen LogP contribution in [-0.2, 0) is 0 Å². The molecule has 1 aromatic carbocycles. The summed E-state index contributed by atoms with van der Waals surface area (Å²) in [6, 6.07) is 4.24. The van der Waals surface area contributed by atoms with E-state index in [-0.39, 0.29) is 5.82 Å². The molecule has 0 fully saturated rings. The smallest absolute Gasteiger partial charge is 0.124 e. The number of halogens is 2. The second-order valence-corrected chi connectivity index (χ2v) is 3.96. The molecule has 2 rings (SSSR count). The van der Waals surface area contributed by atoms with Crippen molar-refractivity contribution in [1.29, 1.82) is 0 Å². The van der Waals surface area contributed by atoms with Gasteiger partial charge in [0, 0.05) is 5.56 Å². The Morgan fingerprint density at radius 3 is 2.56 bits per heavy atom. The molecule has 82 valence electrons. The van der Waals surface area contributed by atoms with E-state index in [0.29, 0.717) is 16.3 Å². The summed E-state index contributed by atoms with van der Waals surface area (Å²) in [5, 5.41) is 0.345. The molecule has 1 heterocycles. The van der Waals surface area contributed by atoms with E-state index in [2.05, 4.69) is 9.97 Å². The lowest BCUT2D eigenvalue weighted by Gasteiger charge is -2.05.